The molecule has 1 unspecified atom stereocenters. The molecule has 0 aliphatic rings. The first-order chi connectivity index (χ1) is 8.69. The molecule has 18 heavy (non-hydrogen) atoms. The van der Waals surface area contributed by atoms with E-state index in [1.54, 1.807) is 14.2 Å². The van der Waals surface area contributed by atoms with E-state index in [4.69, 9.17) is 14.6 Å². The van der Waals surface area contributed by atoms with E-state index in [1.807, 2.05) is 18.2 Å². The lowest BCUT2D eigenvalue weighted by Gasteiger charge is -2.12. The maximum atomic E-state index is 8.83. The third-order valence-electron chi connectivity index (χ3n) is 2.86. The van der Waals surface area contributed by atoms with E-state index in [2.05, 4.69) is 12.2 Å². The highest BCUT2D eigenvalue weighted by Gasteiger charge is 2.03. The molecule has 0 saturated heterocycles. The van der Waals surface area contributed by atoms with Gasteiger partial charge < -0.3 is 19.9 Å². The van der Waals surface area contributed by atoms with E-state index < -0.39 is 0 Å². The van der Waals surface area contributed by atoms with Crippen molar-refractivity contribution in [3.63, 3.8) is 0 Å². The zero-order valence-corrected chi connectivity index (χ0v) is 11.4. The van der Waals surface area contributed by atoms with Gasteiger partial charge in [0.15, 0.2) is 0 Å². The zero-order chi connectivity index (χ0) is 13.4. The van der Waals surface area contributed by atoms with Crippen LogP contribution in [0, 0.1) is 5.92 Å². The van der Waals surface area contributed by atoms with Crippen LogP contribution >= 0.6 is 0 Å². The van der Waals surface area contributed by atoms with Gasteiger partial charge in [-0.15, -0.1) is 0 Å². The number of rotatable bonds is 8. The van der Waals surface area contributed by atoms with Crippen molar-refractivity contribution in [2.75, 3.05) is 27.4 Å². The summed E-state index contributed by atoms with van der Waals surface area (Å²) in [6, 6.07) is 5.84. The van der Waals surface area contributed by atoms with Crippen molar-refractivity contribution < 1.29 is 14.6 Å². The molecule has 1 aromatic carbocycles. The van der Waals surface area contributed by atoms with Crippen LogP contribution < -0.4 is 14.8 Å². The predicted octanol–water partition coefficient (Wildman–Crippen LogP) is 1.81. The molecule has 4 nitrogen and oxygen atoms in total. The van der Waals surface area contributed by atoms with E-state index in [0.29, 0.717) is 5.92 Å². The number of hydrogen-bond acceptors (Lipinski definition) is 4. The molecule has 0 amide bonds. The van der Waals surface area contributed by atoms with Crippen molar-refractivity contribution in [1.82, 2.24) is 5.32 Å². The summed E-state index contributed by atoms with van der Waals surface area (Å²) in [6.45, 7) is 4.02. The smallest absolute Gasteiger partial charge is 0.122 e. The lowest BCUT2D eigenvalue weighted by Crippen LogP contribution is -2.21. The monoisotopic (exact) mass is 253 g/mol. The molecule has 0 aromatic heterocycles. The predicted molar refractivity (Wildman–Crippen MR) is 72.1 cm³/mol. The molecule has 4 heteroatoms. The van der Waals surface area contributed by atoms with Gasteiger partial charge in [-0.3, -0.25) is 0 Å². The Kier molecular flexibility index (Phi) is 6.54. The molecule has 0 spiro atoms. The van der Waals surface area contributed by atoms with Crippen LogP contribution in [0.5, 0.6) is 11.5 Å². The maximum Gasteiger partial charge on any atom is 0.122 e. The maximum absolute atomic E-state index is 8.83. The normalized spacial score (nSPS) is 12.2. The fraction of sp³-hybridized carbons (Fsp3) is 0.571. The minimum Gasteiger partial charge on any atom is -0.497 e. The molecule has 0 fully saturated rings. The number of benzene rings is 1. The first kappa shape index (κ1) is 14.8. The van der Waals surface area contributed by atoms with Crippen molar-refractivity contribution in [3.8, 4) is 11.5 Å². The van der Waals surface area contributed by atoms with Gasteiger partial charge in [-0.1, -0.05) is 6.92 Å². The van der Waals surface area contributed by atoms with Gasteiger partial charge in [0.05, 0.1) is 14.2 Å². The molecular formula is C14H23NO3. The third-order valence-corrected chi connectivity index (χ3v) is 2.86. The quantitative estimate of drug-likeness (QED) is 0.742. The van der Waals surface area contributed by atoms with Crippen LogP contribution in [-0.4, -0.2) is 32.5 Å². The van der Waals surface area contributed by atoms with Gasteiger partial charge in [0, 0.05) is 19.2 Å². The standard InChI is InChI=1S/C14H23NO3/c1-11(4-5-16)9-15-10-12-6-13(17-2)8-14(7-12)18-3/h6-8,11,15-16H,4-5,9-10H2,1-3H3. The number of aliphatic hydroxyl groups excluding tert-OH is 1. The minimum atomic E-state index is 0.246. The summed E-state index contributed by atoms with van der Waals surface area (Å²) in [6.07, 6.45) is 0.828. The average molecular weight is 253 g/mol. The third kappa shape index (κ3) is 4.94. The Hall–Kier alpha value is -1.26. The number of methoxy groups -OCH3 is 2. The molecular weight excluding hydrogens is 230 g/mol. The number of nitrogens with one attached hydrogen (secondary N) is 1. The molecule has 0 aliphatic heterocycles. The Morgan fingerprint density at radius 1 is 1.17 bits per heavy atom. The number of aliphatic hydroxyl groups is 1. The Morgan fingerprint density at radius 3 is 2.28 bits per heavy atom. The second kappa shape index (κ2) is 7.95. The molecule has 1 rings (SSSR count). The molecule has 0 heterocycles. The Morgan fingerprint density at radius 2 is 1.78 bits per heavy atom. The SMILES string of the molecule is COc1cc(CNCC(C)CCO)cc(OC)c1. The Bertz CT molecular complexity index is 333. The fourth-order valence-corrected chi connectivity index (χ4v) is 1.75. The van der Waals surface area contributed by atoms with E-state index in [-0.39, 0.29) is 6.61 Å². The summed E-state index contributed by atoms with van der Waals surface area (Å²) in [4.78, 5) is 0. The van der Waals surface area contributed by atoms with Gasteiger partial charge in [0.2, 0.25) is 0 Å². The van der Waals surface area contributed by atoms with Crippen LogP contribution in [0.15, 0.2) is 18.2 Å². The molecule has 0 radical (unpaired) electrons. The van der Waals surface area contributed by atoms with Gasteiger partial charge in [0.1, 0.15) is 11.5 Å². The van der Waals surface area contributed by atoms with E-state index in [9.17, 15) is 0 Å². The van der Waals surface area contributed by atoms with Crippen LogP contribution in [0.3, 0.4) is 0 Å². The summed E-state index contributed by atoms with van der Waals surface area (Å²) in [7, 11) is 3.30. The Labute approximate surface area is 109 Å². The van der Waals surface area contributed by atoms with Gasteiger partial charge >= 0.3 is 0 Å². The summed E-state index contributed by atoms with van der Waals surface area (Å²) >= 11 is 0. The Balaban J connectivity index is 2.50. The van der Waals surface area contributed by atoms with E-state index in [1.165, 1.54) is 0 Å². The highest BCUT2D eigenvalue weighted by atomic mass is 16.5. The largest absolute Gasteiger partial charge is 0.497 e. The van der Waals surface area contributed by atoms with Crippen LogP contribution in [0.4, 0.5) is 0 Å². The summed E-state index contributed by atoms with van der Waals surface area (Å²) in [5, 5.41) is 12.2. The van der Waals surface area contributed by atoms with Crippen LogP contribution in [0.25, 0.3) is 0 Å². The minimum absolute atomic E-state index is 0.246. The summed E-state index contributed by atoms with van der Waals surface area (Å²) in [5.74, 6) is 2.08. The lowest BCUT2D eigenvalue weighted by atomic mass is 10.1. The van der Waals surface area contributed by atoms with Crippen molar-refractivity contribution >= 4 is 0 Å². The second-order valence-electron chi connectivity index (χ2n) is 4.47. The fourth-order valence-electron chi connectivity index (χ4n) is 1.75. The molecule has 0 saturated carbocycles. The molecule has 0 aliphatic carbocycles. The van der Waals surface area contributed by atoms with E-state index >= 15 is 0 Å². The van der Waals surface area contributed by atoms with Gasteiger partial charge in [0.25, 0.3) is 0 Å². The van der Waals surface area contributed by atoms with Crippen LogP contribution in [0.1, 0.15) is 18.9 Å². The first-order valence-corrected chi connectivity index (χ1v) is 6.23. The highest BCUT2D eigenvalue weighted by Crippen LogP contribution is 2.22. The van der Waals surface area contributed by atoms with Crippen LogP contribution in [-0.2, 0) is 6.54 Å². The summed E-state index contributed by atoms with van der Waals surface area (Å²) in [5.41, 5.74) is 1.13. The van der Waals surface area contributed by atoms with Crippen molar-refractivity contribution in [1.29, 1.82) is 0 Å². The second-order valence-corrected chi connectivity index (χ2v) is 4.47. The number of ether oxygens (including phenoxy) is 2. The average Bonchev–Trinajstić information content (AvgIpc) is 2.38. The van der Waals surface area contributed by atoms with E-state index in [0.717, 1.165) is 36.6 Å². The summed E-state index contributed by atoms with van der Waals surface area (Å²) < 4.78 is 10.4. The van der Waals surface area contributed by atoms with Crippen molar-refractivity contribution in [2.24, 2.45) is 5.92 Å². The molecule has 1 aromatic rings. The molecule has 0 bridgehead atoms. The van der Waals surface area contributed by atoms with Crippen molar-refractivity contribution in [2.45, 2.75) is 19.9 Å². The first-order valence-electron chi connectivity index (χ1n) is 6.23. The molecule has 102 valence electrons. The van der Waals surface area contributed by atoms with Crippen molar-refractivity contribution in [3.05, 3.63) is 23.8 Å². The van der Waals surface area contributed by atoms with Gasteiger partial charge in [-0.2, -0.15) is 0 Å². The van der Waals surface area contributed by atoms with Crippen LogP contribution in [0.2, 0.25) is 0 Å². The lowest BCUT2D eigenvalue weighted by molar-refractivity contribution is 0.260. The van der Waals surface area contributed by atoms with Gasteiger partial charge in [-0.05, 0) is 36.6 Å². The zero-order valence-electron chi connectivity index (χ0n) is 11.4. The topological polar surface area (TPSA) is 50.7 Å². The highest BCUT2D eigenvalue weighted by molar-refractivity contribution is 5.38. The molecule has 1 atom stereocenters. The van der Waals surface area contributed by atoms with Gasteiger partial charge in [-0.25, -0.2) is 0 Å². The number of hydrogen-bond donors (Lipinski definition) is 2. The molecule has 2 N–H and O–H groups in total.